The number of anilines is 1. The van der Waals surface area contributed by atoms with Crippen molar-refractivity contribution >= 4 is 11.6 Å². The average Bonchev–Trinajstić information content (AvgIpc) is 2.48. The molecule has 0 aliphatic rings. The number of hydrogen-bond acceptors (Lipinski definition) is 3. The van der Waals surface area contributed by atoms with Gasteiger partial charge in [0, 0.05) is 17.8 Å². The monoisotopic (exact) mass is 270 g/mol. The van der Waals surface area contributed by atoms with Crippen molar-refractivity contribution in [3.8, 4) is 5.75 Å². The molecule has 0 bridgehead atoms. The number of carbonyl (C=O) groups excluding carboxylic acids is 1. The summed E-state index contributed by atoms with van der Waals surface area (Å²) in [5.74, 6) is 0.648. The molecule has 2 aromatic carbocycles. The number of benzene rings is 2. The molecule has 2 rings (SSSR count). The van der Waals surface area contributed by atoms with Gasteiger partial charge in [0.1, 0.15) is 5.75 Å². The Balaban J connectivity index is 2.06. The number of rotatable bonds is 4. The Bertz CT molecular complexity index is 624. The maximum atomic E-state index is 12.1. The summed E-state index contributed by atoms with van der Waals surface area (Å²) in [6, 6.07) is 12.9. The first-order chi connectivity index (χ1) is 9.61. The van der Waals surface area contributed by atoms with Crippen molar-refractivity contribution < 1.29 is 9.53 Å². The predicted octanol–water partition coefficient (Wildman–Crippen LogP) is 2.52. The van der Waals surface area contributed by atoms with Crippen LogP contribution in [0.25, 0.3) is 0 Å². The van der Waals surface area contributed by atoms with Crippen molar-refractivity contribution in [3.63, 3.8) is 0 Å². The van der Waals surface area contributed by atoms with Crippen LogP contribution in [-0.2, 0) is 6.54 Å². The maximum absolute atomic E-state index is 12.1. The minimum Gasteiger partial charge on any atom is -0.497 e. The van der Waals surface area contributed by atoms with Crippen LogP contribution in [0.3, 0.4) is 0 Å². The molecule has 0 aromatic heterocycles. The summed E-state index contributed by atoms with van der Waals surface area (Å²) in [5, 5.41) is 2.88. The van der Waals surface area contributed by atoms with Gasteiger partial charge in [0.15, 0.2) is 0 Å². The van der Waals surface area contributed by atoms with Crippen LogP contribution in [0, 0.1) is 6.92 Å². The second-order valence-corrected chi connectivity index (χ2v) is 4.55. The van der Waals surface area contributed by atoms with Gasteiger partial charge in [-0.05, 0) is 42.3 Å². The molecule has 0 saturated carbocycles. The fourth-order valence-electron chi connectivity index (χ4n) is 1.96. The summed E-state index contributed by atoms with van der Waals surface area (Å²) >= 11 is 0. The van der Waals surface area contributed by atoms with Crippen LogP contribution in [0.15, 0.2) is 42.5 Å². The molecule has 0 fully saturated rings. The third-order valence-corrected chi connectivity index (χ3v) is 3.21. The van der Waals surface area contributed by atoms with Crippen LogP contribution in [0.4, 0.5) is 5.69 Å². The lowest BCUT2D eigenvalue weighted by atomic mass is 10.1. The summed E-state index contributed by atoms with van der Waals surface area (Å²) < 4.78 is 5.15. The van der Waals surface area contributed by atoms with Crippen molar-refractivity contribution in [1.29, 1.82) is 0 Å². The predicted molar refractivity (Wildman–Crippen MR) is 79.8 cm³/mol. The van der Waals surface area contributed by atoms with Gasteiger partial charge >= 0.3 is 0 Å². The van der Waals surface area contributed by atoms with Gasteiger partial charge in [-0.2, -0.15) is 0 Å². The standard InChI is InChI=1S/C16H18N2O2/c1-11-14(7-4-8-15(11)17)16(19)18-10-12-5-3-6-13(9-12)20-2/h3-9H,10,17H2,1-2H3,(H,18,19). The molecule has 0 aliphatic heterocycles. The van der Waals surface area contributed by atoms with E-state index in [1.54, 1.807) is 25.3 Å². The largest absolute Gasteiger partial charge is 0.497 e. The van der Waals surface area contributed by atoms with Gasteiger partial charge in [0.2, 0.25) is 0 Å². The lowest BCUT2D eigenvalue weighted by molar-refractivity contribution is 0.0950. The molecule has 4 nitrogen and oxygen atoms in total. The molecular weight excluding hydrogens is 252 g/mol. The van der Waals surface area contributed by atoms with E-state index in [0.717, 1.165) is 16.9 Å². The Labute approximate surface area is 118 Å². The van der Waals surface area contributed by atoms with Crippen molar-refractivity contribution in [2.75, 3.05) is 12.8 Å². The van der Waals surface area contributed by atoms with E-state index in [4.69, 9.17) is 10.5 Å². The number of hydrogen-bond donors (Lipinski definition) is 2. The molecule has 20 heavy (non-hydrogen) atoms. The third-order valence-electron chi connectivity index (χ3n) is 3.21. The minimum absolute atomic E-state index is 0.127. The van der Waals surface area contributed by atoms with Gasteiger partial charge in [-0.3, -0.25) is 4.79 Å². The molecule has 0 atom stereocenters. The normalized spacial score (nSPS) is 10.1. The van der Waals surface area contributed by atoms with E-state index in [1.165, 1.54) is 0 Å². The van der Waals surface area contributed by atoms with Crippen molar-refractivity contribution in [2.24, 2.45) is 0 Å². The molecule has 4 heteroatoms. The van der Waals surface area contributed by atoms with E-state index in [9.17, 15) is 4.79 Å². The Morgan fingerprint density at radius 3 is 2.75 bits per heavy atom. The van der Waals surface area contributed by atoms with Crippen LogP contribution in [0.5, 0.6) is 5.75 Å². The summed E-state index contributed by atoms with van der Waals surface area (Å²) in [6.07, 6.45) is 0. The second kappa shape index (κ2) is 6.10. The first-order valence-corrected chi connectivity index (χ1v) is 6.38. The summed E-state index contributed by atoms with van der Waals surface area (Å²) in [4.78, 5) is 12.1. The number of nitrogen functional groups attached to an aromatic ring is 1. The molecule has 104 valence electrons. The van der Waals surface area contributed by atoms with Crippen LogP contribution in [-0.4, -0.2) is 13.0 Å². The zero-order chi connectivity index (χ0) is 14.5. The number of nitrogens with two attached hydrogens (primary N) is 1. The molecule has 3 N–H and O–H groups in total. The number of methoxy groups -OCH3 is 1. The molecule has 0 unspecified atom stereocenters. The topological polar surface area (TPSA) is 64.3 Å². The van der Waals surface area contributed by atoms with Crippen molar-refractivity contribution in [2.45, 2.75) is 13.5 Å². The second-order valence-electron chi connectivity index (χ2n) is 4.55. The summed E-state index contributed by atoms with van der Waals surface area (Å²) in [6.45, 7) is 2.29. The Morgan fingerprint density at radius 1 is 1.25 bits per heavy atom. The Kier molecular flexibility index (Phi) is 4.25. The lowest BCUT2D eigenvalue weighted by Gasteiger charge is -2.10. The highest BCUT2D eigenvalue weighted by atomic mass is 16.5. The molecule has 0 spiro atoms. The number of amides is 1. The van der Waals surface area contributed by atoms with Crippen LogP contribution in [0.2, 0.25) is 0 Å². The van der Waals surface area contributed by atoms with E-state index >= 15 is 0 Å². The first-order valence-electron chi connectivity index (χ1n) is 6.38. The van der Waals surface area contributed by atoms with E-state index in [1.807, 2.05) is 31.2 Å². The third kappa shape index (κ3) is 3.09. The fourth-order valence-corrected chi connectivity index (χ4v) is 1.96. The van der Waals surface area contributed by atoms with E-state index in [-0.39, 0.29) is 5.91 Å². The first kappa shape index (κ1) is 13.9. The molecule has 0 aliphatic carbocycles. The zero-order valence-electron chi connectivity index (χ0n) is 11.6. The van der Waals surface area contributed by atoms with Gasteiger partial charge in [0.25, 0.3) is 5.91 Å². The number of carbonyl (C=O) groups is 1. The number of nitrogens with one attached hydrogen (secondary N) is 1. The van der Waals surface area contributed by atoms with Crippen LogP contribution in [0.1, 0.15) is 21.5 Å². The minimum atomic E-state index is -0.127. The summed E-state index contributed by atoms with van der Waals surface area (Å²) in [7, 11) is 1.62. The molecular formula is C16H18N2O2. The van der Waals surface area contributed by atoms with E-state index in [2.05, 4.69) is 5.32 Å². The quantitative estimate of drug-likeness (QED) is 0.839. The highest BCUT2D eigenvalue weighted by Gasteiger charge is 2.10. The summed E-state index contributed by atoms with van der Waals surface area (Å²) in [5.41, 5.74) is 8.82. The van der Waals surface area contributed by atoms with Crippen LogP contribution >= 0.6 is 0 Å². The number of ether oxygens (including phenoxy) is 1. The Hall–Kier alpha value is -2.49. The molecule has 0 radical (unpaired) electrons. The van der Waals surface area contributed by atoms with Crippen molar-refractivity contribution in [1.82, 2.24) is 5.32 Å². The molecule has 0 saturated heterocycles. The lowest BCUT2D eigenvalue weighted by Crippen LogP contribution is -2.23. The van der Waals surface area contributed by atoms with E-state index < -0.39 is 0 Å². The molecule has 1 amide bonds. The zero-order valence-corrected chi connectivity index (χ0v) is 11.6. The van der Waals surface area contributed by atoms with Gasteiger partial charge in [-0.1, -0.05) is 18.2 Å². The van der Waals surface area contributed by atoms with Gasteiger partial charge in [0.05, 0.1) is 7.11 Å². The maximum Gasteiger partial charge on any atom is 0.251 e. The molecule has 2 aromatic rings. The van der Waals surface area contributed by atoms with E-state index in [0.29, 0.717) is 17.8 Å². The SMILES string of the molecule is COc1cccc(CNC(=O)c2cccc(N)c2C)c1. The average molecular weight is 270 g/mol. The highest BCUT2D eigenvalue weighted by Crippen LogP contribution is 2.16. The van der Waals surface area contributed by atoms with Crippen LogP contribution < -0.4 is 15.8 Å². The van der Waals surface area contributed by atoms with Gasteiger partial charge in [-0.15, -0.1) is 0 Å². The smallest absolute Gasteiger partial charge is 0.251 e. The molecule has 0 heterocycles. The van der Waals surface area contributed by atoms with Crippen molar-refractivity contribution in [3.05, 3.63) is 59.2 Å². The highest BCUT2D eigenvalue weighted by molar-refractivity contribution is 5.96. The van der Waals surface area contributed by atoms with Gasteiger partial charge < -0.3 is 15.8 Å². The Morgan fingerprint density at radius 2 is 2.00 bits per heavy atom. The fraction of sp³-hybridized carbons (Fsp3) is 0.188. The van der Waals surface area contributed by atoms with Gasteiger partial charge in [-0.25, -0.2) is 0 Å².